The molecule has 0 spiro atoms. The van der Waals surface area contributed by atoms with Gasteiger partial charge in [0.05, 0.1) is 18.3 Å². The molecule has 0 atom stereocenters. The van der Waals surface area contributed by atoms with Crippen molar-refractivity contribution in [1.82, 2.24) is 9.78 Å². The molecule has 3 rings (SSSR count). The molecule has 19 heavy (non-hydrogen) atoms. The third-order valence-corrected chi connectivity index (χ3v) is 3.22. The van der Waals surface area contributed by atoms with E-state index in [0.717, 1.165) is 16.5 Å². The van der Waals surface area contributed by atoms with Crippen LogP contribution in [0.3, 0.4) is 0 Å². The summed E-state index contributed by atoms with van der Waals surface area (Å²) in [6.45, 7) is 0.770. The van der Waals surface area contributed by atoms with Gasteiger partial charge in [0.2, 0.25) is 0 Å². The van der Waals surface area contributed by atoms with Gasteiger partial charge in [-0.3, -0.25) is 4.68 Å². The smallest absolute Gasteiger partial charge is 0.128 e. The molecule has 0 saturated heterocycles. The number of nitrogens with two attached hydrogens (primary N) is 1. The van der Waals surface area contributed by atoms with E-state index >= 15 is 0 Å². The molecule has 0 amide bonds. The van der Waals surface area contributed by atoms with E-state index in [1.54, 1.807) is 16.9 Å². The van der Waals surface area contributed by atoms with E-state index in [1.165, 1.54) is 6.07 Å². The van der Waals surface area contributed by atoms with E-state index in [-0.39, 0.29) is 5.82 Å². The topological polar surface area (TPSA) is 43.8 Å². The van der Waals surface area contributed by atoms with E-state index in [2.05, 4.69) is 5.10 Å². The van der Waals surface area contributed by atoms with E-state index in [4.69, 9.17) is 5.73 Å². The maximum absolute atomic E-state index is 13.9. The molecular formula is C15H14FN3. The fraction of sp³-hybridized carbons (Fsp3) is 0.133. The molecule has 2 aromatic carbocycles. The van der Waals surface area contributed by atoms with Crippen molar-refractivity contribution in [3.05, 3.63) is 65.6 Å². The zero-order valence-corrected chi connectivity index (χ0v) is 10.4. The lowest BCUT2D eigenvalue weighted by Gasteiger charge is -2.06. The molecule has 0 saturated carbocycles. The van der Waals surface area contributed by atoms with E-state index < -0.39 is 0 Å². The van der Waals surface area contributed by atoms with Crippen LogP contribution < -0.4 is 5.73 Å². The third-order valence-electron chi connectivity index (χ3n) is 3.22. The molecule has 0 unspecified atom stereocenters. The zero-order valence-electron chi connectivity index (χ0n) is 10.4. The summed E-state index contributed by atoms with van der Waals surface area (Å²) in [6.07, 6.45) is 1.79. The maximum atomic E-state index is 13.9. The first-order chi connectivity index (χ1) is 9.28. The quantitative estimate of drug-likeness (QED) is 0.782. The Morgan fingerprint density at radius 3 is 2.79 bits per heavy atom. The van der Waals surface area contributed by atoms with Crippen LogP contribution >= 0.6 is 0 Å². The van der Waals surface area contributed by atoms with Crippen LogP contribution in [0.4, 0.5) is 4.39 Å². The highest BCUT2D eigenvalue weighted by molar-refractivity contribution is 5.78. The fourth-order valence-corrected chi connectivity index (χ4v) is 2.16. The summed E-state index contributed by atoms with van der Waals surface area (Å²) in [5.41, 5.74) is 7.91. The summed E-state index contributed by atoms with van der Waals surface area (Å²) in [5.74, 6) is -0.234. The van der Waals surface area contributed by atoms with Gasteiger partial charge in [0.15, 0.2) is 0 Å². The number of nitrogens with zero attached hydrogens (tertiary/aromatic N) is 2. The summed E-state index contributed by atoms with van der Waals surface area (Å²) in [4.78, 5) is 0. The second-order valence-corrected chi connectivity index (χ2v) is 4.49. The molecule has 1 heterocycles. The van der Waals surface area contributed by atoms with Crippen molar-refractivity contribution in [1.29, 1.82) is 0 Å². The molecule has 1 aromatic heterocycles. The number of aromatic nitrogens is 2. The number of hydrogen-bond donors (Lipinski definition) is 1. The Labute approximate surface area is 110 Å². The highest BCUT2D eigenvalue weighted by Crippen LogP contribution is 2.16. The second kappa shape index (κ2) is 4.82. The van der Waals surface area contributed by atoms with Crippen LogP contribution in [0.5, 0.6) is 0 Å². The molecule has 2 N–H and O–H groups in total. The van der Waals surface area contributed by atoms with Gasteiger partial charge >= 0.3 is 0 Å². The van der Waals surface area contributed by atoms with Crippen LogP contribution in [0.1, 0.15) is 11.1 Å². The summed E-state index contributed by atoms with van der Waals surface area (Å²) < 4.78 is 15.7. The van der Waals surface area contributed by atoms with Crippen molar-refractivity contribution < 1.29 is 4.39 Å². The highest BCUT2D eigenvalue weighted by Gasteiger charge is 2.07. The Kier molecular flexibility index (Phi) is 3.01. The van der Waals surface area contributed by atoms with Crippen molar-refractivity contribution in [3.63, 3.8) is 0 Å². The number of fused-ring (bicyclic) bond motifs is 1. The highest BCUT2D eigenvalue weighted by atomic mass is 19.1. The minimum absolute atomic E-state index is 0.234. The van der Waals surface area contributed by atoms with E-state index in [0.29, 0.717) is 18.7 Å². The van der Waals surface area contributed by atoms with Gasteiger partial charge in [0.1, 0.15) is 5.82 Å². The monoisotopic (exact) mass is 255 g/mol. The largest absolute Gasteiger partial charge is 0.326 e. The Morgan fingerprint density at radius 1 is 1.16 bits per heavy atom. The number of halogens is 1. The average molecular weight is 255 g/mol. The molecule has 0 radical (unpaired) electrons. The van der Waals surface area contributed by atoms with Crippen molar-refractivity contribution in [2.75, 3.05) is 0 Å². The van der Waals surface area contributed by atoms with Gasteiger partial charge in [-0.1, -0.05) is 30.3 Å². The van der Waals surface area contributed by atoms with Crippen LogP contribution in [0.25, 0.3) is 10.9 Å². The molecule has 0 aliphatic carbocycles. The lowest BCUT2D eigenvalue weighted by atomic mass is 10.1. The maximum Gasteiger partial charge on any atom is 0.128 e. The zero-order chi connectivity index (χ0) is 13.2. The summed E-state index contributed by atoms with van der Waals surface area (Å²) in [7, 11) is 0. The van der Waals surface area contributed by atoms with Gasteiger partial charge in [-0.15, -0.1) is 0 Å². The number of benzene rings is 2. The van der Waals surface area contributed by atoms with Crippen molar-refractivity contribution in [2.45, 2.75) is 13.1 Å². The van der Waals surface area contributed by atoms with Crippen LogP contribution in [-0.4, -0.2) is 9.78 Å². The summed E-state index contributed by atoms with van der Waals surface area (Å²) in [6, 6.07) is 13.0. The standard InChI is InChI=1S/C15H14FN3/c16-14-7-11(8-17)5-6-13(14)10-19-15-4-2-1-3-12(15)9-18-19/h1-7,9H,8,10,17H2. The average Bonchev–Trinajstić information content (AvgIpc) is 2.84. The van der Waals surface area contributed by atoms with Crippen LogP contribution in [0, 0.1) is 5.82 Å². The van der Waals surface area contributed by atoms with Crippen molar-refractivity contribution in [2.24, 2.45) is 5.73 Å². The SMILES string of the molecule is NCc1ccc(Cn2ncc3ccccc32)c(F)c1. The number of hydrogen-bond acceptors (Lipinski definition) is 2. The molecule has 0 fully saturated rings. The van der Waals surface area contributed by atoms with Gasteiger partial charge < -0.3 is 5.73 Å². The summed E-state index contributed by atoms with van der Waals surface area (Å²) >= 11 is 0. The predicted molar refractivity (Wildman–Crippen MR) is 73.1 cm³/mol. The molecular weight excluding hydrogens is 241 g/mol. The Morgan fingerprint density at radius 2 is 2.00 bits per heavy atom. The van der Waals surface area contributed by atoms with E-state index in [9.17, 15) is 4.39 Å². The first kappa shape index (κ1) is 11.9. The van der Waals surface area contributed by atoms with Crippen LogP contribution in [0.15, 0.2) is 48.7 Å². The minimum Gasteiger partial charge on any atom is -0.326 e. The van der Waals surface area contributed by atoms with Gasteiger partial charge in [-0.05, 0) is 17.7 Å². The molecule has 0 aliphatic heterocycles. The molecule has 4 heteroatoms. The fourth-order valence-electron chi connectivity index (χ4n) is 2.16. The van der Waals surface area contributed by atoms with Gasteiger partial charge in [0, 0.05) is 17.5 Å². The lowest BCUT2D eigenvalue weighted by molar-refractivity contribution is 0.588. The Bertz CT molecular complexity index is 718. The second-order valence-electron chi connectivity index (χ2n) is 4.49. The van der Waals surface area contributed by atoms with Gasteiger partial charge in [-0.2, -0.15) is 5.10 Å². The Balaban J connectivity index is 1.97. The van der Waals surface area contributed by atoms with Gasteiger partial charge in [0.25, 0.3) is 0 Å². The van der Waals surface area contributed by atoms with Crippen molar-refractivity contribution >= 4 is 10.9 Å². The predicted octanol–water partition coefficient (Wildman–Crippen LogP) is 2.68. The molecule has 3 nitrogen and oxygen atoms in total. The first-order valence-corrected chi connectivity index (χ1v) is 6.16. The van der Waals surface area contributed by atoms with Crippen molar-refractivity contribution in [3.8, 4) is 0 Å². The Hall–Kier alpha value is -2.20. The molecule has 96 valence electrons. The number of rotatable bonds is 3. The molecule has 3 aromatic rings. The van der Waals surface area contributed by atoms with Crippen LogP contribution in [-0.2, 0) is 13.1 Å². The summed E-state index contributed by atoms with van der Waals surface area (Å²) in [5, 5.41) is 5.36. The minimum atomic E-state index is -0.234. The normalized spacial score (nSPS) is 11.1. The van der Waals surface area contributed by atoms with E-state index in [1.807, 2.05) is 30.3 Å². The lowest BCUT2D eigenvalue weighted by Crippen LogP contribution is -2.05. The van der Waals surface area contributed by atoms with Gasteiger partial charge in [-0.25, -0.2) is 4.39 Å². The number of para-hydroxylation sites is 1. The first-order valence-electron chi connectivity index (χ1n) is 6.16. The third kappa shape index (κ3) is 2.22. The molecule has 0 aliphatic rings. The van der Waals surface area contributed by atoms with Crippen LogP contribution in [0.2, 0.25) is 0 Å². The molecule has 0 bridgehead atoms.